The van der Waals surface area contributed by atoms with Crippen LogP contribution in [0.4, 0.5) is 4.39 Å². The molecule has 0 aromatic heterocycles. The normalized spacial score (nSPS) is 12.0. The summed E-state index contributed by atoms with van der Waals surface area (Å²) >= 11 is 3.42. The van der Waals surface area contributed by atoms with Crippen molar-refractivity contribution in [3.63, 3.8) is 0 Å². The molecule has 0 saturated heterocycles. The van der Waals surface area contributed by atoms with Crippen molar-refractivity contribution in [2.24, 2.45) is 5.73 Å². The van der Waals surface area contributed by atoms with Gasteiger partial charge < -0.3 is 5.73 Å². The predicted octanol–water partition coefficient (Wildman–Crippen LogP) is 3.54. The topological polar surface area (TPSA) is 26.0 Å². The van der Waals surface area contributed by atoms with E-state index in [2.05, 4.69) is 15.9 Å². The Morgan fingerprint density at radius 1 is 1.50 bits per heavy atom. The van der Waals surface area contributed by atoms with Gasteiger partial charge in [-0.2, -0.15) is 0 Å². The molecule has 1 aromatic carbocycles. The lowest BCUT2D eigenvalue weighted by Gasteiger charge is -2.12. The number of hydrogen-bond donors (Lipinski definition) is 1. The molecular weight excluding hydrogens is 268 g/mol. The quantitative estimate of drug-likeness (QED) is 0.901. The molecule has 0 heterocycles. The zero-order valence-corrected chi connectivity index (χ0v) is 10.4. The number of aryl methyl sites for hydroxylation is 1. The van der Waals surface area contributed by atoms with Crippen molar-refractivity contribution in [2.45, 2.75) is 19.4 Å². The van der Waals surface area contributed by atoms with Gasteiger partial charge in [-0.05, 0) is 30.5 Å². The zero-order chi connectivity index (χ0) is 9.84. The van der Waals surface area contributed by atoms with E-state index in [1.807, 2.05) is 25.1 Å². The second kappa shape index (κ2) is 6.38. The highest BCUT2D eigenvalue weighted by atomic mass is 79.9. The first-order chi connectivity index (χ1) is 6.15. The van der Waals surface area contributed by atoms with Gasteiger partial charge in [-0.25, -0.2) is 0 Å². The van der Waals surface area contributed by atoms with Crippen LogP contribution in [-0.4, -0.2) is 6.67 Å². The third kappa shape index (κ3) is 3.56. The first kappa shape index (κ1) is 13.9. The molecule has 1 atom stereocenters. The molecule has 0 aliphatic heterocycles. The van der Waals surface area contributed by atoms with Gasteiger partial charge in [0.05, 0.1) is 6.67 Å². The second-order valence-corrected chi connectivity index (χ2v) is 3.96. The van der Waals surface area contributed by atoms with E-state index in [1.165, 1.54) is 5.56 Å². The lowest BCUT2D eigenvalue weighted by Crippen LogP contribution is -2.11. The molecule has 0 saturated carbocycles. The fraction of sp³-hybridized carbons (Fsp3) is 0.400. The number of nitrogens with two attached hydrogens (primary N) is 1. The van der Waals surface area contributed by atoms with Crippen molar-refractivity contribution in [3.8, 4) is 0 Å². The maximum atomic E-state index is 12.0. The van der Waals surface area contributed by atoms with Crippen LogP contribution in [0, 0.1) is 6.92 Å². The van der Waals surface area contributed by atoms with Gasteiger partial charge in [0.2, 0.25) is 0 Å². The van der Waals surface area contributed by atoms with Crippen LogP contribution in [0.2, 0.25) is 0 Å². The van der Waals surface area contributed by atoms with Gasteiger partial charge in [-0.1, -0.05) is 28.1 Å². The van der Waals surface area contributed by atoms with Gasteiger partial charge in [0.25, 0.3) is 0 Å². The summed E-state index contributed by atoms with van der Waals surface area (Å²) in [5.74, 6) is 0. The van der Waals surface area contributed by atoms with Gasteiger partial charge in [0.15, 0.2) is 0 Å². The lowest BCUT2D eigenvalue weighted by atomic mass is 10.0. The molecule has 2 N–H and O–H groups in total. The van der Waals surface area contributed by atoms with Crippen molar-refractivity contribution in [1.82, 2.24) is 0 Å². The minimum atomic E-state index is -0.374. The average molecular weight is 283 g/mol. The van der Waals surface area contributed by atoms with E-state index in [-0.39, 0.29) is 25.1 Å². The van der Waals surface area contributed by atoms with Crippen molar-refractivity contribution >= 4 is 28.3 Å². The van der Waals surface area contributed by atoms with Crippen molar-refractivity contribution in [2.75, 3.05) is 6.67 Å². The highest BCUT2D eigenvalue weighted by Gasteiger charge is 2.08. The standard InChI is InChI=1S/C10H13BrFN.ClH/c1-7-2-3-8(9(11)6-7)10(13)4-5-12;/h2-3,6,10H,4-5,13H2,1H3;1H/t10-;/m0./s1. The summed E-state index contributed by atoms with van der Waals surface area (Å²) in [4.78, 5) is 0. The van der Waals surface area contributed by atoms with Gasteiger partial charge >= 0.3 is 0 Å². The maximum Gasteiger partial charge on any atom is 0.0912 e. The number of hydrogen-bond acceptors (Lipinski definition) is 1. The van der Waals surface area contributed by atoms with Crippen LogP contribution in [0.1, 0.15) is 23.6 Å². The second-order valence-electron chi connectivity index (χ2n) is 3.11. The summed E-state index contributed by atoms with van der Waals surface area (Å²) in [5.41, 5.74) is 7.93. The Morgan fingerprint density at radius 3 is 2.64 bits per heavy atom. The summed E-state index contributed by atoms with van der Waals surface area (Å²) in [6, 6.07) is 5.71. The van der Waals surface area contributed by atoms with Crippen LogP contribution in [0.15, 0.2) is 22.7 Å². The summed E-state index contributed by atoms with van der Waals surface area (Å²) in [6.45, 7) is 1.64. The molecule has 1 aromatic rings. The van der Waals surface area contributed by atoms with E-state index < -0.39 is 0 Å². The molecule has 0 radical (unpaired) electrons. The summed E-state index contributed by atoms with van der Waals surface area (Å²) in [5, 5.41) is 0. The molecule has 1 rings (SSSR count). The maximum absolute atomic E-state index is 12.0. The molecule has 0 spiro atoms. The Balaban J connectivity index is 0.00000169. The minimum absolute atomic E-state index is 0. The number of halogens is 3. The molecular formula is C10H14BrClFN. The van der Waals surface area contributed by atoms with Crippen molar-refractivity contribution in [3.05, 3.63) is 33.8 Å². The SMILES string of the molecule is Cc1ccc([C@@H](N)CCF)c(Br)c1.Cl. The van der Waals surface area contributed by atoms with Gasteiger partial charge in [-0.3, -0.25) is 4.39 Å². The molecule has 4 heteroatoms. The fourth-order valence-corrected chi connectivity index (χ4v) is 1.99. The molecule has 0 aliphatic rings. The molecule has 0 bridgehead atoms. The van der Waals surface area contributed by atoms with E-state index in [4.69, 9.17) is 5.73 Å². The third-order valence-corrected chi connectivity index (χ3v) is 2.66. The van der Waals surface area contributed by atoms with Crippen LogP contribution < -0.4 is 5.73 Å². The number of benzene rings is 1. The van der Waals surface area contributed by atoms with Gasteiger partial charge in [0, 0.05) is 10.5 Å². The molecule has 0 unspecified atom stereocenters. The van der Waals surface area contributed by atoms with E-state index in [1.54, 1.807) is 0 Å². The van der Waals surface area contributed by atoms with Crippen molar-refractivity contribution in [1.29, 1.82) is 0 Å². The average Bonchev–Trinajstić information content (AvgIpc) is 2.04. The van der Waals surface area contributed by atoms with E-state index in [9.17, 15) is 4.39 Å². The van der Waals surface area contributed by atoms with E-state index >= 15 is 0 Å². The third-order valence-electron chi connectivity index (χ3n) is 1.98. The number of rotatable bonds is 3. The molecule has 1 nitrogen and oxygen atoms in total. The van der Waals surface area contributed by atoms with Crippen LogP contribution in [-0.2, 0) is 0 Å². The Kier molecular flexibility index (Phi) is 6.33. The van der Waals surface area contributed by atoms with Crippen LogP contribution in [0.3, 0.4) is 0 Å². The lowest BCUT2D eigenvalue weighted by molar-refractivity contribution is 0.441. The molecule has 80 valence electrons. The first-order valence-electron chi connectivity index (χ1n) is 4.22. The molecule has 0 fully saturated rings. The predicted molar refractivity (Wildman–Crippen MR) is 63.6 cm³/mol. The molecule has 14 heavy (non-hydrogen) atoms. The largest absolute Gasteiger partial charge is 0.324 e. The van der Waals surface area contributed by atoms with Gasteiger partial charge in [-0.15, -0.1) is 12.4 Å². The van der Waals surface area contributed by atoms with Crippen molar-refractivity contribution < 1.29 is 4.39 Å². The fourth-order valence-electron chi connectivity index (χ4n) is 1.21. The van der Waals surface area contributed by atoms with E-state index in [0.29, 0.717) is 6.42 Å². The molecule has 0 amide bonds. The monoisotopic (exact) mass is 281 g/mol. The summed E-state index contributed by atoms with van der Waals surface area (Å²) < 4.78 is 13.0. The van der Waals surface area contributed by atoms with Crippen LogP contribution in [0.5, 0.6) is 0 Å². The summed E-state index contributed by atoms with van der Waals surface area (Å²) in [6.07, 6.45) is 0.377. The van der Waals surface area contributed by atoms with E-state index in [0.717, 1.165) is 10.0 Å². The summed E-state index contributed by atoms with van der Waals surface area (Å²) in [7, 11) is 0. The Bertz CT molecular complexity index is 293. The minimum Gasteiger partial charge on any atom is -0.324 e. The highest BCUT2D eigenvalue weighted by molar-refractivity contribution is 9.10. The number of alkyl halides is 1. The smallest absolute Gasteiger partial charge is 0.0912 e. The van der Waals surface area contributed by atoms with Gasteiger partial charge in [0.1, 0.15) is 0 Å². The Morgan fingerprint density at radius 2 is 2.14 bits per heavy atom. The zero-order valence-electron chi connectivity index (χ0n) is 7.97. The van der Waals surface area contributed by atoms with Crippen LogP contribution in [0.25, 0.3) is 0 Å². The Labute approximate surface area is 98.4 Å². The van der Waals surface area contributed by atoms with Crippen LogP contribution >= 0.6 is 28.3 Å². The highest BCUT2D eigenvalue weighted by Crippen LogP contribution is 2.24. The Hall–Kier alpha value is -0.120. The molecule has 0 aliphatic carbocycles. The first-order valence-corrected chi connectivity index (χ1v) is 5.02.